The van der Waals surface area contributed by atoms with Crippen LogP contribution in [0.4, 0.5) is 0 Å². The van der Waals surface area contributed by atoms with E-state index in [4.69, 9.17) is 10.8 Å². The first kappa shape index (κ1) is 6.67. The smallest absolute Gasteiger partial charge is 0.118 e. The fourth-order valence-electron chi connectivity index (χ4n) is 0.515. The van der Waals surface area contributed by atoms with Crippen molar-refractivity contribution in [1.29, 1.82) is 0 Å². The van der Waals surface area contributed by atoms with Crippen molar-refractivity contribution in [1.82, 2.24) is 4.98 Å². The van der Waals surface area contributed by atoms with Gasteiger partial charge in [-0.3, -0.25) is 0 Å². The lowest BCUT2D eigenvalue weighted by atomic mass is 10.5. The summed E-state index contributed by atoms with van der Waals surface area (Å²) >= 11 is 1.43. The van der Waals surface area contributed by atoms with E-state index >= 15 is 0 Å². The first-order valence-corrected chi connectivity index (χ1v) is 3.49. The highest BCUT2D eigenvalue weighted by molar-refractivity contribution is 7.09. The van der Waals surface area contributed by atoms with Crippen molar-refractivity contribution in [2.45, 2.75) is 13.2 Å². The molecule has 0 fully saturated rings. The van der Waals surface area contributed by atoms with Crippen LogP contribution in [0.25, 0.3) is 0 Å². The van der Waals surface area contributed by atoms with E-state index in [1.165, 1.54) is 11.3 Å². The number of hydrogen-bond donors (Lipinski definition) is 2. The van der Waals surface area contributed by atoms with Gasteiger partial charge < -0.3 is 10.8 Å². The van der Waals surface area contributed by atoms with Crippen molar-refractivity contribution in [3.63, 3.8) is 0 Å². The van der Waals surface area contributed by atoms with Crippen LogP contribution in [0.2, 0.25) is 0 Å². The maximum absolute atomic E-state index is 8.55. The van der Waals surface area contributed by atoms with Crippen molar-refractivity contribution in [2.24, 2.45) is 5.73 Å². The highest BCUT2D eigenvalue weighted by atomic mass is 32.1. The van der Waals surface area contributed by atoms with E-state index in [1.54, 1.807) is 0 Å². The minimum Gasteiger partial charge on any atom is -0.389 e. The van der Waals surface area contributed by atoms with Gasteiger partial charge in [-0.2, -0.15) is 0 Å². The molecular formula is C5H8N2OS. The Labute approximate surface area is 57.2 Å². The summed E-state index contributed by atoms with van der Waals surface area (Å²) in [6, 6.07) is 0. The van der Waals surface area contributed by atoms with Gasteiger partial charge in [0.1, 0.15) is 5.01 Å². The molecule has 1 rings (SSSR count). The maximum Gasteiger partial charge on any atom is 0.118 e. The molecule has 9 heavy (non-hydrogen) atoms. The molecule has 3 nitrogen and oxygen atoms in total. The van der Waals surface area contributed by atoms with E-state index in [0.29, 0.717) is 6.54 Å². The molecule has 0 radical (unpaired) electrons. The molecule has 4 heteroatoms. The van der Waals surface area contributed by atoms with Gasteiger partial charge in [-0.05, 0) is 0 Å². The highest BCUT2D eigenvalue weighted by Gasteiger charge is 1.96. The van der Waals surface area contributed by atoms with Crippen LogP contribution in [0.1, 0.15) is 10.7 Å². The van der Waals surface area contributed by atoms with Gasteiger partial charge in [0.2, 0.25) is 0 Å². The van der Waals surface area contributed by atoms with Gasteiger partial charge in [0.25, 0.3) is 0 Å². The molecule has 0 aliphatic rings. The van der Waals surface area contributed by atoms with Crippen LogP contribution >= 0.6 is 11.3 Å². The second kappa shape index (κ2) is 2.91. The fraction of sp³-hybridized carbons (Fsp3) is 0.400. The zero-order valence-electron chi connectivity index (χ0n) is 4.87. The number of aliphatic hydroxyl groups excluding tert-OH is 1. The van der Waals surface area contributed by atoms with Gasteiger partial charge in [-0.25, -0.2) is 4.98 Å². The number of hydrogen-bond acceptors (Lipinski definition) is 4. The van der Waals surface area contributed by atoms with E-state index in [0.717, 1.165) is 10.7 Å². The summed E-state index contributed by atoms with van der Waals surface area (Å²) in [6.45, 7) is 0.473. The second-order valence-corrected chi connectivity index (χ2v) is 2.54. The molecule has 1 heterocycles. The zero-order chi connectivity index (χ0) is 6.69. The van der Waals surface area contributed by atoms with Crippen molar-refractivity contribution >= 4 is 11.3 Å². The van der Waals surface area contributed by atoms with Crippen LogP contribution in [0, 0.1) is 0 Å². The average Bonchev–Trinajstić information content (AvgIpc) is 2.34. The van der Waals surface area contributed by atoms with E-state index in [1.807, 2.05) is 5.38 Å². The minimum atomic E-state index is 0.0185. The predicted octanol–water partition coefficient (Wildman–Crippen LogP) is 0.0941. The molecule has 0 atom stereocenters. The highest BCUT2D eigenvalue weighted by Crippen LogP contribution is 2.07. The Kier molecular flexibility index (Phi) is 2.16. The summed E-state index contributed by atoms with van der Waals surface area (Å²) in [6.07, 6.45) is 0. The van der Waals surface area contributed by atoms with E-state index < -0.39 is 0 Å². The van der Waals surface area contributed by atoms with Crippen molar-refractivity contribution in [3.05, 3.63) is 16.1 Å². The number of aromatic nitrogens is 1. The monoisotopic (exact) mass is 144 g/mol. The number of nitrogens with two attached hydrogens (primary N) is 1. The first-order valence-electron chi connectivity index (χ1n) is 2.61. The number of aliphatic hydroxyl groups is 1. The summed E-state index contributed by atoms with van der Waals surface area (Å²) in [5.74, 6) is 0. The Morgan fingerprint density at radius 3 is 2.89 bits per heavy atom. The molecule has 0 spiro atoms. The number of nitrogens with zero attached hydrogens (tertiary/aromatic N) is 1. The van der Waals surface area contributed by atoms with E-state index in [9.17, 15) is 0 Å². The van der Waals surface area contributed by atoms with E-state index in [-0.39, 0.29) is 6.61 Å². The summed E-state index contributed by atoms with van der Waals surface area (Å²) in [7, 11) is 0. The maximum atomic E-state index is 8.55. The fourth-order valence-corrected chi connectivity index (χ4v) is 1.18. The lowest BCUT2D eigenvalue weighted by Crippen LogP contribution is -1.96. The first-order chi connectivity index (χ1) is 4.36. The third-order valence-corrected chi connectivity index (χ3v) is 1.83. The number of thiazole rings is 1. The van der Waals surface area contributed by atoms with Gasteiger partial charge in [0, 0.05) is 11.9 Å². The Hall–Kier alpha value is -0.450. The van der Waals surface area contributed by atoms with E-state index in [2.05, 4.69) is 4.98 Å². The Morgan fingerprint density at radius 1 is 1.78 bits per heavy atom. The van der Waals surface area contributed by atoms with Crippen LogP contribution < -0.4 is 5.73 Å². The average molecular weight is 144 g/mol. The van der Waals surface area contributed by atoms with Crippen LogP contribution in [-0.2, 0) is 13.2 Å². The summed E-state index contributed by atoms with van der Waals surface area (Å²) in [5, 5.41) is 11.1. The molecule has 0 unspecified atom stereocenters. The van der Waals surface area contributed by atoms with Crippen LogP contribution in [0.15, 0.2) is 5.38 Å². The van der Waals surface area contributed by atoms with Gasteiger partial charge in [0.05, 0.1) is 12.3 Å². The number of rotatable bonds is 2. The van der Waals surface area contributed by atoms with Gasteiger partial charge in [-0.15, -0.1) is 11.3 Å². The lowest BCUT2D eigenvalue weighted by molar-refractivity contribution is 0.281. The van der Waals surface area contributed by atoms with Crippen molar-refractivity contribution in [2.75, 3.05) is 0 Å². The molecule has 3 N–H and O–H groups in total. The van der Waals surface area contributed by atoms with Crippen LogP contribution in [0.5, 0.6) is 0 Å². The molecule has 50 valence electrons. The molecule has 0 bridgehead atoms. The Bertz CT molecular complexity index is 168. The molecule has 0 amide bonds. The Balaban J connectivity index is 2.74. The molecular weight excluding hydrogens is 136 g/mol. The van der Waals surface area contributed by atoms with Crippen molar-refractivity contribution in [3.8, 4) is 0 Å². The third kappa shape index (κ3) is 1.48. The molecule has 0 saturated carbocycles. The zero-order valence-corrected chi connectivity index (χ0v) is 5.69. The molecule has 0 aliphatic heterocycles. The molecule has 1 aromatic heterocycles. The molecule has 0 saturated heterocycles. The quantitative estimate of drug-likeness (QED) is 0.618. The SMILES string of the molecule is NCc1csc(CO)n1. The van der Waals surface area contributed by atoms with Gasteiger partial charge in [-0.1, -0.05) is 0 Å². The second-order valence-electron chi connectivity index (χ2n) is 1.59. The summed E-state index contributed by atoms with van der Waals surface area (Å²) < 4.78 is 0. The predicted molar refractivity (Wildman–Crippen MR) is 35.9 cm³/mol. The Morgan fingerprint density at radius 2 is 2.56 bits per heavy atom. The summed E-state index contributed by atoms with van der Waals surface area (Å²) in [4.78, 5) is 3.99. The summed E-state index contributed by atoms with van der Waals surface area (Å²) in [5.41, 5.74) is 6.13. The third-order valence-electron chi connectivity index (χ3n) is 0.944. The molecule has 0 aliphatic carbocycles. The minimum absolute atomic E-state index is 0.0185. The normalized spacial score (nSPS) is 10.0. The van der Waals surface area contributed by atoms with Gasteiger partial charge >= 0.3 is 0 Å². The lowest BCUT2D eigenvalue weighted by Gasteiger charge is -1.83. The van der Waals surface area contributed by atoms with Crippen LogP contribution in [0.3, 0.4) is 0 Å². The van der Waals surface area contributed by atoms with Gasteiger partial charge in [0.15, 0.2) is 0 Å². The largest absolute Gasteiger partial charge is 0.389 e. The molecule has 0 aromatic carbocycles. The molecule has 1 aromatic rings. The standard InChI is InChI=1S/C5H8N2OS/c6-1-4-3-9-5(2-8)7-4/h3,8H,1-2,6H2. The topological polar surface area (TPSA) is 59.1 Å². The van der Waals surface area contributed by atoms with Crippen LogP contribution in [-0.4, -0.2) is 10.1 Å². The van der Waals surface area contributed by atoms with Crippen molar-refractivity contribution < 1.29 is 5.11 Å².